The van der Waals surface area contributed by atoms with E-state index in [9.17, 15) is 14.7 Å². The average Bonchev–Trinajstić information content (AvgIpc) is 2.36. The van der Waals surface area contributed by atoms with Gasteiger partial charge in [-0.05, 0) is 24.6 Å². The maximum atomic E-state index is 11.7. The number of hydrogen-bond acceptors (Lipinski definition) is 4. The van der Waals surface area contributed by atoms with E-state index in [1.807, 2.05) is 6.07 Å². The fraction of sp³-hybridized carbons (Fsp3) is 0.429. The highest BCUT2D eigenvalue weighted by molar-refractivity contribution is 5.89. The van der Waals surface area contributed by atoms with Crippen LogP contribution in [-0.4, -0.2) is 41.5 Å². The standard InChI is InChI=1S/C14H20N2O5/c1-14(20,7-12(17)18)9-15-13(19)16-11-5-3-4-10(6-11)8-21-2/h3-6,20H,7-9H2,1-2H3,(H,17,18)(H2,15,16,19). The van der Waals surface area contributed by atoms with Crippen molar-refractivity contribution in [2.75, 3.05) is 19.0 Å². The van der Waals surface area contributed by atoms with Gasteiger partial charge in [-0.2, -0.15) is 0 Å². The van der Waals surface area contributed by atoms with Gasteiger partial charge in [-0.1, -0.05) is 12.1 Å². The van der Waals surface area contributed by atoms with Crippen molar-refractivity contribution >= 4 is 17.7 Å². The summed E-state index contributed by atoms with van der Waals surface area (Å²) in [7, 11) is 1.58. The van der Waals surface area contributed by atoms with Crippen molar-refractivity contribution in [1.82, 2.24) is 5.32 Å². The monoisotopic (exact) mass is 296 g/mol. The second-order valence-electron chi connectivity index (χ2n) is 5.01. The minimum Gasteiger partial charge on any atom is -0.481 e. The number of nitrogens with one attached hydrogen (secondary N) is 2. The Morgan fingerprint density at radius 3 is 2.71 bits per heavy atom. The Balaban J connectivity index is 2.50. The van der Waals surface area contributed by atoms with Gasteiger partial charge in [-0.25, -0.2) is 4.79 Å². The molecule has 4 N–H and O–H groups in total. The van der Waals surface area contributed by atoms with Gasteiger partial charge in [0.15, 0.2) is 0 Å². The number of methoxy groups -OCH3 is 1. The van der Waals surface area contributed by atoms with Gasteiger partial charge >= 0.3 is 12.0 Å². The summed E-state index contributed by atoms with van der Waals surface area (Å²) in [5.41, 5.74) is -0.00532. The predicted molar refractivity (Wildman–Crippen MR) is 77.1 cm³/mol. The number of carboxylic acids is 1. The zero-order chi connectivity index (χ0) is 15.9. The Bertz CT molecular complexity index is 502. The first-order valence-corrected chi connectivity index (χ1v) is 6.39. The molecule has 0 radical (unpaired) electrons. The van der Waals surface area contributed by atoms with Crippen molar-refractivity contribution < 1.29 is 24.5 Å². The molecule has 1 rings (SSSR count). The van der Waals surface area contributed by atoms with Gasteiger partial charge in [0.25, 0.3) is 0 Å². The van der Waals surface area contributed by atoms with Crippen molar-refractivity contribution in [1.29, 1.82) is 0 Å². The molecular weight excluding hydrogens is 276 g/mol. The van der Waals surface area contributed by atoms with E-state index in [0.717, 1.165) is 5.56 Å². The first-order chi connectivity index (χ1) is 9.82. The topological polar surface area (TPSA) is 108 Å². The summed E-state index contributed by atoms with van der Waals surface area (Å²) in [4.78, 5) is 22.3. The molecule has 0 heterocycles. The summed E-state index contributed by atoms with van der Waals surface area (Å²) >= 11 is 0. The van der Waals surface area contributed by atoms with Gasteiger partial charge in [-0.15, -0.1) is 0 Å². The highest BCUT2D eigenvalue weighted by Gasteiger charge is 2.24. The van der Waals surface area contributed by atoms with Gasteiger partial charge in [0, 0.05) is 19.3 Å². The molecule has 116 valence electrons. The first-order valence-electron chi connectivity index (χ1n) is 6.39. The minimum absolute atomic E-state index is 0.164. The van der Waals surface area contributed by atoms with E-state index >= 15 is 0 Å². The second-order valence-corrected chi connectivity index (χ2v) is 5.01. The van der Waals surface area contributed by atoms with Crippen LogP contribution < -0.4 is 10.6 Å². The molecule has 1 atom stereocenters. The van der Waals surface area contributed by atoms with Crippen LogP contribution >= 0.6 is 0 Å². The molecule has 0 spiro atoms. The molecular formula is C14H20N2O5. The Hall–Kier alpha value is -2.12. The van der Waals surface area contributed by atoms with Crippen LogP contribution in [0.15, 0.2) is 24.3 Å². The summed E-state index contributed by atoms with van der Waals surface area (Å²) < 4.78 is 5.00. The lowest BCUT2D eigenvalue weighted by molar-refractivity contribution is -0.141. The lowest BCUT2D eigenvalue weighted by atomic mass is 10.0. The number of benzene rings is 1. The fourth-order valence-corrected chi connectivity index (χ4v) is 1.74. The fourth-order valence-electron chi connectivity index (χ4n) is 1.74. The predicted octanol–water partition coefficient (Wildman–Crippen LogP) is 1.18. The molecule has 0 fully saturated rings. The van der Waals surface area contributed by atoms with Crippen LogP contribution in [-0.2, 0) is 16.1 Å². The number of hydrogen-bond donors (Lipinski definition) is 4. The molecule has 0 saturated heterocycles. The zero-order valence-corrected chi connectivity index (χ0v) is 12.0. The number of rotatable bonds is 7. The van der Waals surface area contributed by atoms with E-state index < -0.39 is 24.0 Å². The van der Waals surface area contributed by atoms with E-state index in [2.05, 4.69) is 10.6 Å². The molecule has 1 unspecified atom stereocenters. The minimum atomic E-state index is -1.50. The van der Waals surface area contributed by atoms with E-state index in [4.69, 9.17) is 9.84 Å². The van der Waals surface area contributed by atoms with Crippen LogP contribution in [0.2, 0.25) is 0 Å². The average molecular weight is 296 g/mol. The molecule has 0 aliphatic carbocycles. The molecule has 0 aromatic heterocycles. The number of aliphatic hydroxyl groups is 1. The Kier molecular flexibility index (Phi) is 6.13. The van der Waals surface area contributed by atoms with Crippen LogP contribution in [0.3, 0.4) is 0 Å². The Labute approximate surface area is 122 Å². The summed E-state index contributed by atoms with van der Waals surface area (Å²) in [5, 5.41) is 23.4. The first kappa shape index (κ1) is 16.9. The van der Waals surface area contributed by atoms with Crippen molar-refractivity contribution in [3.63, 3.8) is 0 Å². The third kappa shape index (κ3) is 6.73. The number of amides is 2. The largest absolute Gasteiger partial charge is 0.481 e. The van der Waals surface area contributed by atoms with Gasteiger partial charge in [-0.3, -0.25) is 4.79 Å². The normalized spacial score (nSPS) is 13.3. The number of urea groups is 1. The molecule has 0 saturated carbocycles. The van der Waals surface area contributed by atoms with E-state index in [1.54, 1.807) is 25.3 Å². The molecule has 1 aromatic carbocycles. The third-order valence-corrected chi connectivity index (χ3v) is 2.66. The molecule has 2 amide bonds. The molecule has 0 aliphatic heterocycles. The van der Waals surface area contributed by atoms with Crippen LogP contribution in [0.4, 0.5) is 10.5 Å². The Morgan fingerprint density at radius 1 is 1.38 bits per heavy atom. The number of anilines is 1. The molecule has 0 aliphatic rings. The van der Waals surface area contributed by atoms with Crippen molar-refractivity contribution in [2.24, 2.45) is 0 Å². The van der Waals surface area contributed by atoms with Crippen LogP contribution in [0.1, 0.15) is 18.9 Å². The van der Waals surface area contributed by atoms with Gasteiger partial charge < -0.3 is 25.6 Å². The SMILES string of the molecule is COCc1cccc(NC(=O)NCC(C)(O)CC(=O)O)c1. The van der Waals surface area contributed by atoms with Gasteiger partial charge in [0.05, 0.1) is 18.6 Å². The summed E-state index contributed by atoms with van der Waals surface area (Å²) in [6.45, 7) is 1.62. The van der Waals surface area contributed by atoms with E-state index in [1.165, 1.54) is 6.92 Å². The van der Waals surface area contributed by atoms with E-state index in [0.29, 0.717) is 12.3 Å². The molecule has 7 heteroatoms. The van der Waals surface area contributed by atoms with Crippen LogP contribution in [0, 0.1) is 0 Å². The number of carboxylic acid groups (broad SMARTS) is 1. The quantitative estimate of drug-likeness (QED) is 0.604. The number of aliphatic carboxylic acids is 1. The lowest BCUT2D eigenvalue weighted by Gasteiger charge is -2.21. The highest BCUT2D eigenvalue weighted by atomic mass is 16.5. The molecule has 0 bridgehead atoms. The smallest absolute Gasteiger partial charge is 0.319 e. The van der Waals surface area contributed by atoms with Crippen molar-refractivity contribution in [3.8, 4) is 0 Å². The number of carbonyl (C=O) groups is 2. The van der Waals surface area contributed by atoms with E-state index in [-0.39, 0.29) is 6.54 Å². The van der Waals surface area contributed by atoms with Crippen molar-refractivity contribution in [3.05, 3.63) is 29.8 Å². The third-order valence-electron chi connectivity index (χ3n) is 2.66. The maximum Gasteiger partial charge on any atom is 0.319 e. The maximum absolute atomic E-state index is 11.7. The highest BCUT2D eigenvalue weighted by Crippen LogP contribution is 2.12. The number of ether oxygens (including phenoxy) is 1. The molecule has 1 aromatic rings. The summed E-state index contributed by atoms with van der Waals surface area (Å²) in [6, 6.07) is 6.61. The Morgan fingerprint density at radius 2 is 2.10 bits per heavy atom. The zero-order valence-electron chi connectivity index (χ0n) is 12.0. The lowest BCUT2D eigenvalue weighted by Crippen LogP contribution is -2.43. The second kappa shape index (κ2) is 7.61. The van der Waals surface area contributed by atoms with Gasteiger partial charge in [0.2, 0.25) is 0 Å². The molecule has 7 nitrogen and oxygen atoms in total. The summed E-state index contributed by atoms with van der Waals surface area (Å²) in [5.74, 6) is -1.13. The van der Waals surface area contributed by atoms with Gasteiger partial charge in [0.1, 0.15) is 0 Å². The van der Waals surface area contributed by atoms with Crippen molar-refractivity contribution in [2.45, 2.75) is 25.6 Å². The van der Waals surface area contributed by atoms with Crippen LogP contribution in [0.5, 0.6) is 0 Å². The van der Waals surface area contributed by atoms with Crippen LogP contribution in [0.25, 0.3) is 0 Å². The number of carbonyl (C=O) groups excluding carboxylic acids is 1. The summed E-state index contributed by atoms with van der Waals surface area (Å²) in [6.07, 6.45) is -0.448. The molecule has 21 heavy (non-hydrogen) atoms.